The van der Waals surface area contributed by atoms with E-state index in [2.05, 4.69) is 22.4 Å². The number of rotatable bonds is 5. The van der Waals surface area contributed by atoms with Gasteiger partial charge in [-0.3, -0.25) is 4.98 Å². The van der Waals surface area contributed by atoms with Crippen molar-refractivity contribution in [2.45, 2.75) is 17.4 Å². The molecule has 1 aromatic rings. The number of thioether (sulfide) groups is 1. The van der Waals surface area contributed by atoms with Crippen molar-refractivity contribution >= 4 is 11.8 Å². The predicted octanol–water partition coefficient (Wildman–Crippen LogP) is 1.80. The van der Waals surface area contributed by atoms with Crippen LogP contribution in [0, 0.1) is 5.92 Å². The molecular formula is C12H18N2OS. The van der Waals surface area contributed by atoms with Gasteiger partial charge in [-0.05, 0) is 25.6 Å². The highest BCUT2D eigenvalue weighted by atomic mass is 32.2. The number of hydrogen-bond donors (Lipinski definition) is 1. The lowest BCUT2D eigenvalue weighted by atomic mass is 10.0. The Hall–Kier alpha value is -0.580. The third kappa shape index (κ3) is 3.20. The van der Waals surface area contributed by atoms with E-state index in [0.717, 1.165) is 19.0 Å². The molecule has 1 aliphatic rings. The van der Waals surface area contributed by atoms with Gasteiger partial charge in [0.05, 0.1) is 6.61 Å². The van der Waals surface area contributed by atoms with Crippen molar-refractivity contribution < 1.29 is 4.74 Å². The first kappa shape index (κ1) is 11.9. The van der Waals surface area contributed by atoms with Crippen LogP contribution >= 0.6 is 11.8 Å². The van der Waals surface area contributed by atoms with E-state index < -0.39 is 0 Å². The predicted molar refractivity (Wildman–Crippen MR) is 66.7 cm³/mol. The highest BCUT2D eigenvalue weighted by molar-refractivity contribution is 7.99. The molecule has 0 radical (unpaired) electrons. The fourth-order valence-electron chi connectivity index (χ4n) is 1.95. The average Bonchev–Trinajstić information content (AvgIpc) is 2.85. The topological polar surface area (TPSA) is 34.2 Å². The van der Waals surface area contributed by atoms with Crippen molar-refractivity contribution in [1.82, 2.24) is 10.3 Å². The van der Waals surface area contributed by atoms with E-state index in [0.29, 0.717) is 12.0 Å². The van der Waals surface area contributed by atoms with Gasteiger partial charge in [0, 0.05) is 41.6 Å². The molecule has 16 heavy (non-hydrogen) atoms. The standard InChI is InChI=1S/C12H18N2OS/c1-13-12(10-4-7-15-8-10)9-16-11-2-5-14-6-3-11/h2-3,5-6,10,12-13H,4,7-9H2,1H3. The summed E-state index contributed by atoms with van der Waals surface area (Å²) < 4.78 is 5.43. The molecule has 0 aliphatic carbocycles. The SMILES string of the molecule is CNC(CSc1ccncc1)C1CCOC1. The lowest BCUT2D eigenvalue weighted by Gasteiger charge is -2.21. The Morgan fingerprint density at radius 2 is 2.38 bits per heavy atom. The van der Waals surface area contributed by atoms with Crippen LogP contribution in [0.5, 0.6) is 0 Å². The fourth-order valence-corrected chi connectivity index (χ4v) is 3.07. The average molecular weight is 238 g/mol. The summed E-state index contributed by atoms with van der Waals surface area (Å²) in [6.45, 7) is 1.82. The molecule has 3 nitrogen and oxygen atoms in total. The molecule has 2 unspecified atom stereocenters. The van der Waals surface area contributed by atoms with E-state index in [4.69, 9.17) is 4.74 Å². The van der Waals surface area contributed by atoms with Gasteiger partial charge in [-0.15, -0.1) is 11.8 Å². The summed E-state index contributed by atoms with van der Waals surface area (Å²) in [6.07, 6.45) is 4.87. The number of nitrogens with zero attached hydrogens (tertiary/aromatic N) is 1. The Morgan fingerprint density at radius 1 is 1.56 bits per heavy atom. The molecule has 0 aromatic carbocycles. The summed E-state index contributed by atoms with van der Waals surface area (Å²) >= 11 is 1.88. The number of nitrogens with one attached hydrogen (secondary N) is 1. The molecule has 2 rings (SSSR count). The van der Waals surface area contributed by atoms with Gasteiger partial charge in [0.15, 0.2) is 0 Å². The number of pyridine rings is 1. The number of aromatic nitrogens is 1. The molecule has 4 heteroatoms. The Balaban J connectivity index is 1.83. The number of hydrogen-bond acceptors (Lipinski definition) is 4. The van der Waals surface area contributed by atoms with Gasteiger partial charge in [0.25, 0.3) is 0 Å². The van der Waals surface area contributed by atoms with Gasteiger partial charge in [-0.2, -0.15) is 0 Å². The maximum atomic E-state index is 5.43. The molecular weight excluding hydrogens is 220 g/mol. The minimum Gasteiger partial charge on any atom is -0.381 e. The first-order valence-electron chi connectivity index (χ1n) is 5.68. The maximum absolute atomic E-state index is 5.43. The van der Waals surface area contributed by atoms with Gasteiger partial charge >= 0.3 is 0 Å². The molecule has 0 amide bonds. The van der Waals surface area contributed by atoms with Gasteiger partial charge in [-0.25, -0.2) is 0 Å². The van der Waals surface area contributed by atoms with Crippen LogP contribution in [-0.4, -0.2) is 37.0 Å². The highest BCUT2D eigenvalue weighted by Gasteiger charge is 2.24. The summed E-state index contributed by atoms with van der Waals surface area (Å²) in [4.78, 5) is 5.31. The van der Waals surface area contributed by atoms with E-state index in [9.17, 15) is 0 Å². The van der Waals surface area contributed by atoms with Crippen molar-refractivity contribution in [3.63, 3.8) is 0 Å². The molecule has 1 aromatic heterocycles. The first-order chi connectivity index (χ1) is 7.90. The molecule has 1 aliphatic heterocycles. The summed E-state index contributed by atoms with van der Waals surface area (Å²) in [5.41, 5.74) is 0. The van der Waals surface area contributed by atoms with E-state index >= 15 is 0 Å². The molecule has 88 valence electrons. The Labute approximate surface area is 101 Å². The van der Waals surface area contributed by atoms with Crippen molar-refractivity contribution in [1.29, 1.82) is 0 Å². The van der Waals surface area contributed by atoms with E-state index in [1.54, 1.807) is 0 Å². The lowest BCUT2D eigenvalue weighted by molar-refractivity contribution is 0.180. The Morgan fingerprint density at radius 3 is 3.00 bits per heavy atom. The van der Waals surface area contributed by atoms with Crippen molar-refractivity contribution in [3.8, 4) is 0 Å². The second-order valence-corrected chi connectivity index (χ2v) is 5.11. The zero-order chi connectivity index (χ0) is 11.2. The van der Waals surface area contributed by atoms with Crippen LogP contribution in [0.4, 0.5) is 0 Å². The molecule has 0 bridgehead atoms. The summed E-state index contributed by atoms with van der Waals surface area (Å²) in [6, 6.07) is 4.66. The molecule has 1 N–H and O–H groups in total. The smallest absolute Gasteiger partial charge is 0.0510 e. The van der Waals surface area contributed by atoms with Crippen LogP contribution < -0.4 is 5.32 Å². The highest BCUT2D eigenvalue weighted by Crippen LogP contribution is 2.23. The molecule has 0 spiro atoms. The van der Waals surface area contributed by atoms with Crippen LogP contribution in [-0.2, 0) is 4.74 Å². The normalized spacial score (nSPS) is 22.2. The second-order valence-electron chi connectivity index (χ2n) is 4.01. The Bertz CT molecular complexity index is 301. The summed E-state index contributed by atoms with van der Waals surface area (Å²) in [7, 11) is 2.04. The van der Waals surface area contributed by atoms with Crippen LogP contribution in [0.3, 0.4) is 0 Å². The van der Waals surface area contributed by atoms with Crippen molar-refractivity contribution in [2.24, 2.45) is 5.92 Å². The molecule has 2 atom stereocenters. The molecule has 1 saturated heterocycles. The fraction of sp³-hybridized carbons (Fsp3) is 0.583. The first-order valence-corrected chi connectivity index (χ1v) is 6.66. The quantitative estimate of drug-likeness (QED) is 0.793. The van der Waals surface area contributed by atoms with Crippen LogP contribution in [0.2, 0.25) is 0 Å². The third-order valence-corrected chi connectivity index (χ3v) is 4.12. The largest absolute Gasteiger partial charge is 0.381 e. The zero-order valence-electron chi connectivity index (χ0n) is 9.56. The minimum atomic E-state index is 0.542. The van der Waals surface area contributed by atoms with Gasteiger partial charge in [0.1, 0.15) is 0 Å². The molecule has 2 heterocycles. The van der Waals surface area contributed by atoms with Crippen molar-refractivity contribution in [3.05, 3.63) is 24.5 Å². The molecule has 1 fully saturated rings. The van der Waals surface area contributed by atoms with E-state index in [1.807, 2.05) is 31.2 Å². The van der Waals surface area contributed by atoms with Gasteiger partial charge < -0.3 is 10.1 Å². The van der Waals surface area contributed by atoms with E-state index in [-0.39, 0.29) is 0 Å². The third-order valence-electron chi connectivity index (χ3n) is 2.98. The van der Waals surface area contributed by atoms with Crippen molar-refractivity contribution in [2.75, 3.05) is 26.0 Å². The van der Waals surface area contributed by atoms with Gasteiger partial charge in [0.2, 0.25) is 0 Å². The summed E-state index contributed by atoms with van der Waals surface area (Å²) in [5, 5.41) is 3.40. The monoisotopic (exact) mass is 238 g/mol. The lowest BCUT2D eigenvalue weighted by Crippen LogP contribution is -2.36. The van der Waals surface area contributed by atoms with Crippen LogP contribution in [0.25, 0.3) is 0 Å². The second kappa shape index (κ2) is 6.23. The van der Waals surface area contributed by atoms with Crippen LogP contribution in [0.1, 0.15) is 6.42 Å². The Kier molecular flexibility index (Phi) is 4.63. The maximum Gasteiger partial charge on any atom is 0.0510 e. The van der Waals surface area contributed by atoms with Gasteiger partial charge in [-0.1, -0.05) is 0 Å². The number of ether oxygens (including phenoxy) is 1. The summed E-state index contributed by atoms with van der Waals surface area (Å²) in [5.74, 6) is 1.76. The molecule has 0 saturated carbocycles. The zero-order valence-corrected chi connectivity index (χ0v) is 10.4. The van der Waals surface area contributed by atoms with E-state index in [1.165, 1.54) is 11.3 Å². The minimum absolute atomic E-state index is 0.542. The van der Waals surface area contributed by atoms with Crippen LogP contribution in [0.15, 0.2) is 29.4 Å².